The van der Waals surface area contributed by atoms with E-state index in [1.165, 1.54) is 12.4 Å². The van der Waals surface area contributed by atoms with E-state index < -0.39 is 5.54 Å². The summed E-state index contributed by atoms with van der Waals surface area (Å²) in [6.07, 6.45) is 6.08. The molecule has 1 saturated carbocycles. The minimum atomic E-state index is -0.801. The average molecular weight is 291 g/mol. The smallest absolute Gasteiger partial charge is 0.272 e. The summed E-state index contributed by atoms with van der Waals surface area (Å²) in [6, 6.07) is 0. The van der Waals surface area contributed by atoms with Gasteiger partial charge in [-0.1, -0.05) is 12.1 Å². The van der Waals surface area contributed by atoms with Crippen LogP contribution in [0.4, 0.5) is 0 Å². The largest absolute Gasteiger partial charge is 0.409 e. The minimum Gasteiger partial charge on any atom is -0.409 e. The van der Waals surface area contributed by atoms with Gasteiger partial charge < -0.3 is 16.3 Å². The van der Waals surface area contributed by atoms with Gasteiger partial charge in [-0.15, -0.1) is 0 Å². The monoisotopic (exact) mass is 291 g/mol. The third kappa shape index (κ3) is 3.29. The van der Waals surface area contributed by atoms with E-state index in [0.717, 1.165) is 18.5 Å². The van der Waals surface area contributed by atoms with Crippen LogP contribution >= 0.6 is 0 Å². The molecule has 21 heavy (non-hydrogen) atoms. The van der Waals surface area contributed by atoms with Crippen molar-refractivity contribution in [3.63, 3.8) is 0 Å². The first-order valence-corrected chi connectivity index (χ1v) is 7.06. The average Bonchev–Trinajstić information content (AvgIpc) is 2.49. The number of aromatic nitrogens is 2. The standard InChI is InChI=1S/C14H21N5O2/c1-9-3-5-14(6-4-9,13(15)19-21)18-12(20)11-8-16-10(2)7-17-11/h7-9,21H,3-6H2,1-2H3,(H2,15,19)(H,18,20). The van der Waals surface area contributed by atoms with Gasteiger partial charge in [0.2, 0.25) is 0 Å². The Labute approximate surface area is 123 Å². The van der Waals surface area contributed by atoms with Gasteiger partial charge in [-0.25, -0.2) is 4.98 Å². The van der Waals surface area contributed by atoms with Crippen LogP contribution in [0.25, 0.3) is 0 Å². The number of carbonyl (C=O) groups is 1. The summed E-state index contributed by atoms with van der Waals surface area (Å²) in [5, 5.41) is 15.0. The predicted octanol–water partition coefficient (Wildman–Crippen LogP) is 1.21. The van der Waals surface area contributed by atoms with E-state index in [1.807, 2.05) is 0 Å². The second kappa shape index (κ2) is 6.07. The van der Waals surface area contributed by atoms with Crippen molar-refractivity contribution < 1.29 is 10.0 Å². The van der Waals surface area contributed by atoms with E-state index in [-0.39, 0.29) is 17.4 Å². The molecule has 2 rings (SSSR count). The highest BCUT2D eigenvalue weighted by Gasteiger charge is 2.40. The summed E-state index contributed by atoms with van der Waals surface area (Å²) >= 11 is 0. The first-order valence-electron chi connectivity index (χ1n) is 7.06. The molecule has 1 aromatic rings. The predicted molar refractivity (Wildman–Crippen MR) is 78.0 cm³/mol. The molecular weight excluding hydrogens is 270 g/mol. The number of hydrogen-bond donors (Lipinski definition) is 3. The molecule has 0 bridgehead atoms. The molecule has 0 unspecified atom stereocenters. The summed E-state index contributed by atoms with van der Waals surface area (Å²) in [5.41, 5.74) is 5.99. The van der Waals surface area contributed by atoms with Crippen LogP contribution in [0, 0.1) is 12.8 Å². The lowest BCUT2D eigenvalue weighted by Gasteiger charge is -2.38. The number of aryl methyl sites for hydroxylation is 1. The van der Waals surface area contributed by atoms with E-state index >= 15 is 0 Å². The molecule has 1 aromatic heterocycles. The van der Waals surface area contributed by atoms with Crippen LogP contribution in [0.5, 0.6) is 0 Å². The zero-order valence-electron chi connectivity index (χ0n) is 12.3. The highest BCUT2D eigenvalue weighted by molar-refractivity contribution is 5.99. The Balaban J connectivity index is 2.19. The molecule has 0 spiro atoms. The molecule has 4 N–H and O–H groups in total. The maximum atomic E-state index is 12.3. The summed E-state index contributed by atoms with van der Waals surface area (Å²) in [5.74, 6) is 0.257. The number of oxime groups is 1. The van der Waals surface area contributed by atoms with Gasteiger partial charge in [0.05, 0.1) is 11.9 Å². The lowest BCUT2D eigenvalue weighted by Crippen LogP contribution is -2.59. The Bertz CT molecular complexity index is 533. The van der Waals surface area contributed by atoms with Crippen LogP contribution < -0.4 is 11.1 Å². The Hall–Kier alpha value is -2.18. The van der Waals surface area contributed by atoms with Crippen molar-refractivity contribution in [2.45, 2.75) is 45.1 Å². The number of nitrogens with two attached hydrogens (primary N) is 1. The van der Waals surface area contributed by atoms with Crippen LogP contribution in [0.2, 0.25) is 0 Å². The fourth-order valence-electron chi connectivity index (χ4n) is 2.59. The third-order valence-electron chi connectivity index (χ3n) is 4.09. The van der Waals surface area contributed by atoms with Crippen molar-refractivity contribution in [2.75, 3.05) is 0 Å². The first kappa shape index (κ1) is 15.2. The molecule has 1 amide bonds. The highest BCUT2D eigenvalue weighted by atomic mass is 16.4. The molecule has 1 aliphatic rings. The molecule has 1 heterocycles. The van der Waals surface area contributed by atoms with E-state index in [1.54, 1.807) is 6.92 Å². The number of nitrogens with zero attached hydrogens (tertiary/aromatic N) is 3. The Kier molecular flexibility index (Phi) is 4.40. The molecule has 0 radical (unpaired) electrons. The van der Waals surface area contributed by atoms with E-state index in [0.29, 0.717) is 18.8 Å². The summed E-state index contributed by atoms with van der Waals surface area (Å²) in [4.78, 5) is 20.4. The highest BCUT2D eigenvalue weighted by Crippen LogP contribution is 2.32. The lowest BCUT2D eigenvalue weighted by molar-refractivity contribution is 0.0892. The van der Waals surface area contributed by atoms with Gasteiger partial charge in [-0.3, -0.25) is 9.78 Å². The van der Waals surface area contributed by atoms with Gasteiger partial charge >= 0.3 is 0 Å². The number of hydrogen-bond acceptors (Lipinski definition) is 5. The Morgan fingerprint density at radius 2 is 2.10 bits per heavy atom. The van der Waals surface area contributed by atoms with Crippen molar-refractivity contribution in [1.29, 1.82) is 0 Å². The number of amidine groups is 1. The molecule has 0 aromatic carbocycles. The number of amides is 1. The van der Waals surface area contributed by atoms with Crippen molar-refractivity contribution in [3.05, 3.63) is 23.8 Å². The van der Waals surface area contributed by atoms with Crippen molar-refractivity contribution in [1.82, 2.24) is 15.3 Å². The third-order valence-corrected chi connectivity index (χ3v) is 4.09. The van der Waals surface area contributed by atoms with Gasteiger partial charge in [0, 0.05) is 6.20 Å². The van der Waals surface area contributed by atoms with E-state index in [9.17, 15) is 4.79 Å². The molecule has 7 nitrogen and oxygen atoms in total. The van der Waals surface area contributed by atoms with Crippen molar-refractivity contribution in [2.24, 2.45) is 16.8 Å². The van der Waals surface area contributed by atoms with Crippen molar-refractivity contribution in [3.8, 4) is 0 Å². The zero-order chi connectivity index (χ0) is 15.5. The van der Waals surface area contributed by atoms with E-state index in [4.69, 9.17) is 10.9 Å². The Morgan fingerprint density at radius 3 is 2.62 bits per heavy atom. The van der Waals surface area contributed by atoms with Gasteiger partial charge in [-0.2, -0.15) is 0 Å². The van der Waals surface area contributed by atoms with Gasteiger partial charge in [-0.05, 0) is 38.5 Å². The van der Waals surface area contributed by atoms with Gasteiger partial charge in [0.15, 0.2) is 5.84 Å². The second-order valence-electron chi connectivity index (χ2n) is 5.75. The van der Waals surface area contributed by atoms with Crippen LogP contribution in [-0.4, -0.2) is 32.5 Å². The number of nitrogens with one attached hydrogen (secondary N) is 1. The van der Waals surface area contributed by atoms with Crippen LogP contribution in [0.1, 0.15) is 48.8 Å². The molecular formula is C14H21N5O2. The molecule has 114 valence electrons. The maximum absolute atomic E-state index is 12.3. The SMILES string of the molecule is Cc1cnc(C(=O)NC2(C(N)=NO)CCC(C)CC2)cn1. The normalized spacial score (nSPS) is 26.4. The zero-order valence-corrected chi connectivity index (χ0v) is 12.3. The molecule has 0 aliphatic heterocycles. The lowest BCUT2D eigenvalue weighted by atomic mass is 9.76. The topological polar surface area (TPSA) is 113 Å². The fraction of sp³-hybridized carbons (Fsp3) is 0.571. The first-order chi connectivity index (χ1) is 9.97. The molecule has 0 saturated heterocycles. The van der Waals surface area contributed by atoms with Gasteiger partial charge in [0.1, 0.15) is 11.2 Å². The van der Waals surface area contributed by atoms with E-state index in [2.05, 4.69) is 27.4 Å². The minimum absolute atomic E-state index is 0.0443. The number of rotatable bonds is 3. The van der Waals surface area contributed by atoms with Crippen LogP contribution in [0.15, 0.2) is 17.5 Å². The molecule has 7 heteroatoms. The second-order valence-corrected chi connectivity index (χ2v) is 5.75. The molecule has 1 aliphatic carbocycles. The van der Waals surface area contributed by atoms with Gasteiger partial charge in [0.25, 0.3) is 5.91 Å². The maximum Gasteiger partial charge on any atom is 0.272 e. The summed E-state index contributed by atoms with van der Waals surface area (Å²) in [6.45, 7) is 3.96. The molecule has 1 fully saturated rings. The Morgan fingerprint density at radius 1 is 1.43 bits per heavy atom. The summed E-state index contributed by atoms with van der Waals surface area (Å²) < 4.78 is 0. The quantitative estimate of drug-likeness (QED) is 0.335. The number of carbonyl (C=O) groups excluding carboxylic acids is 1. The van der Waals surface area contributed by atoms with Crippen LogP contribution in [0.3, 0.4) is 0 Å². The molecule has 0 atom stereocenters. The van der Waals surface area contributed by atoms with Crippen LogP contribution in [-0.2, 0) is 0 Å². The summed E-state index contributed by atoms with van der Waals surface area (Å²) in [7, 11) is 0. The van der Waals surface area contributed by atoms with Crippen molar-refractivity contribution >= 4 is 11.7 Å². The fourth-order valence-corrected chi connectivity index (χ4v) is 2.59.